The van der Waals surface area contributed by atoms with Crippen LogP contribution in [0, 0.1) is 0 Å². The van der Waals surface area contributed by atoms with Crippen molar-refractivity contribution in [1.82, 2.24) is 20.1 Å². The van der Waals surface area contributed by atoms with Crippen LogP contribution in [0.15, 0.2) is 29.5 Å². The van der Waals surface area contributed by atoms with Crippen LogP contribution in [0.3, 0.4) is 0 Å². The largest absolute Gasteiger partial charge is 0.356 e. The molecule has 2 N–H and O–H groups in total. The highest BCUT2D eigenvalue weighted by Crippen LogP contribution is 2.17. The maximum absolute atomic E-state index is 11.8. The Balaban J connectivity index is 0.00000288. The Morgan fingerprint density at radius 3 is 2.58 bits per heavy atom. The summed E-state index contributed by atoms with van der Waals surface area (Å²) in [6.07, 6.45) is 7.79. The van der Waals surface area contributed by atoms with Crippen LogP contribution in [0.25, 0.3) is 0 Å². The lowest BCUT2D eigenvalue weighted by Crippen LogP contribution is -2.42. The van der Waals surface area contributed by atoms with E-state index in [-0.39, 0.29) is 24.0 Å². The molecule has 1 aliphatic heterocycles. The highest BCUT2D eigenvalue weighted by atomic mass is 127. The summed E-state index contributed by atoms with van der Waals surface area (Å²) in [5.74, 6) is 1.13. The summed E-state index contributed by atoms with van der Waals surface area (Å²) in [5.41, 5.74) is 0. The number of hydrogen-bond acceptors (Lipinski definition) is 2. The summed E-state index contributed by atoms with van der Waals surface area (Å²) in [6.45, 7) is 5.64. The van der Waals surface area contributed by atoms with E-state index in [0.29, 0.717) is 18.4 Å². The molecular weight excluding hydrogens is 417 g/mol. The summed E-state index contributed by atoms with van der Waals surface area (Å²) < 4.78 is 2.13. The van der Waals surface area contributed by atoms with Crippen LogP contribution in [0.5, 0.6) is 0 Å². The quantitative estimate of drug-likeness (QED) is 0.365. The minimum absolute atomic E-state index is 0. The van der Waals surface area contributed by atoms with Crippen molar-refractivity contribution in [2.24, 2.45) is 4.99 Å². The van der Waals surface area contributed by atoms with E-state index in [2.05, 4.69) is 39.5 Å². The van der Waals surface area contributed by atoms with Crippen LogP contribution in [-0.4, -0.2) is 54.1 Å². The first-order chi connectivity index (χ1) is 11.2. The topological polar surface area (TPSA) is 61.7 Å². The van der Waals surface area contributed by atoms with Crippen LogP contribution in [0.1, 0.15) is 32.6 Å². The third-order valence-corrected chi connectivity index (χ3v) is 4.34. The minimum atomic E-state index is 0. The van der Waals surface area contributed by atoms with E-state index in [9.17, 15) is 4.79 Å². The van der Waals surface area contributed by atoms with Crippen LogP contribution in [-0.2, 0) is 11.3 Å². The number of nitrogens with zero attached hydrogens (tertiary/aromatic N) is 3. The van der Waals surface area contributed by atoms with E-state index < -0.39 is 0 Å². The van der Waals surface area contributed by atoms with Crippen molar-refractivity contribution in [3.63, 3.8) is 0 Å². The molecule has 2 rings (SSSR count). The lowest BCUT2D eigenvalue weighted by atomic mass is 10.1. The van der Waals surface area contributed by atoms with Gasteiger partial charge in [-0.1, -0.05) is 6.92 Å². The van der Waals surface area contributed by atoms with Gasteiger partial charge in [0, 0.05) is 58.1 Å². The Morgan fingerprint density at radius 2 is 2.00 bits per heavy atom. The summed E-state index contributed by atoms with van der Waals surface area (Å²) in [4.78, 5) is 18.1. The Morgan fingerprint density at radius 1 is 1.29 bits per heavy atom. The van der Waals surface area contributed by atoms with Gasteiger partial charge in [0.05, 0.1) is 0 Å². The molecule has 7 heteroatoms. The fourth-order valence-corrected chi connectivity index (χ4v) is 3.04. The van der Waals surface area contributed by atoms with Gasteiger partial charge in [0.1, 0.15) is 0 Å². The zero-order valence-electron chi connectivity index (χ0n) is 14.7. The Labute approximate surface area is 162 Å². The molecule has 2 heterocycles. The van der Waals surface area contributed by atoms with Crippen molar-refractivity contribution >= 4 is 35.8 Å². The molecule has 0 radical (unpaired) electrons. The van der Waals surface area contributed by atoms with E-state index in [4.69, 9.17) is 0 Å². The number of nitrogens with one attached hydrogen (secondary N) is 2. The average molecular weight is 447 g/mol. The molecule has 24 heavy (non-hydrogen) atoms. The zero-order chi connectivity index (χ0) is 16.5. The first-order valence-corrected chi connectivity index (χ1v) is 8.59. The van der Waals surface area contributed by atoms with Gasteiger partial charge in [-0.05, 0) is 31.4 Å². The number of carbonyl (C=O) groups excluding carboxylic acids is 1. The van der Waals surface area contributed by atoms with Crippen LogP contribution >= 0.6 is 24.0 Å². The first kappa shape index (κ1) is 20.8. The molecule has 1 atom stereocenters. The van der Waals surface area contributed by atoms with E-state index in [0.717, 1.165) is 51.4 Å². The number of guanidine groups is 1. The van der Waals surface area contributed by atoms with Gasteiger partial charge in [-0.3, -0.25) is 9.79 Å². The van der Waals surface area contributed by atoms with Crippen LogP contribution in [0.4, 0.5) is 0 Å². The molecule has 6 nitrogen and oxygen atoms in total. The molecule has 1 fully saturated rings. The lowest BCUT2D eigenvalue weighted by Gasteiger charge is -2.27. The van der Waals surface area contributed by atoms with Gasteiger partial charge in [0.15, 0.2) is 5.96 Å². The molecular formula is C17H30IN5O. The number of likely N-dealkylation sites (tertiary alicyclic amines) is 1. The highest BCUT2D eigenvalue weighted by molar-refractivity contribution is 14.0. The number of carbonyl (C=O) groups is 1. The van der Waals surface area contributed by atoms with Crippen LogP contribution < -0.4 is 10.6 Å². The van der Waals surface area contributed by atoms with Crippen molar-refractivity contribution in [3.8, 4) is 0 Å². The fraction of sp³-hybridized carbons (Fsp3) is 0.647. The standard InChI is InChI=1S/C17H29N5O.HI/c1-3-15(22-13-6-7-16(22)23)8-9-19-17(18-2)20-10-14-21-11-4-5-12-21;/h4-5,11-12,15H,3,6-10,13-14H2,1-2H3,(H2,18,19,20);1H. The molecule has 0 spiro atoms. The summed E-state index contributed by atoms with van der Waals surface area (Å²) in [6, 6.07) is 4.39. The Hall–Kier alpha value is -1.25. The maximum Gasteiger partial charge on any atom is 0.222 e. The summed E-state index contributed by atoms with van der Waals surface area (Å²) in [5, 5.41) is 6.66. The van der Waals surface area contributed by atoms with Crippen molar-refractivity contribution in [2.75, 3.05) is 26.7 Å². The van der Waals surface area contributed by atoms with Gasteiger partial charge in [0.2, 0.25) is 5.91 Å². The van der Waals surface area contributed by atoms with E-state index in [1.54, 1.807) is 7.05 Å². The maximum atomic E-state index is 11.8. The van der Waals surface area contributed by atoms with Gasteiger partial charge >= 0.3 is 0 Å². The van der Waals surface area contributed by atoms with E-state index in [1.165, 1.54) is 0 Å². The van der Waals surface area contributed by atoms with Gasteiger partial charge in [-0.2, -0.15) is 0 Å². The molecule has 1 aromatic heterocycles. The molecule has 1 aromatic rings. The minimum Gasteiger partial charge on any atom is -0.356 e. The summed E-state index contributed by atoms with van der Waals surface area (Å²) >= 11 is 0. The Kier molecular flexibility index (Phi) is 9.82. The number of amides is 1. The Bertz CT molecular complexity index is 503. The molecule has 0 aliphatic carbocycles. The lowest BCUT2D eigenvalue weighted by molar-refractivity contribution is -0.129. The number of aromatic nitrogens is 1. The predicted molar refractivity (Wildman–Crippen MR) is 109 cm³/mol. The highest BCUT2D eigenvalue weighted by Gasteiger charge is 2.26. The molecule has 1 unspecified atom stereocenters. The van der Waals surface area contributed by atoms with Crippen molar-refractivity contribution in [2.45, 2.75) is 45.2 Å². The molecule has 1 saturated heterocycles. The molecule has 0 aromatic carbocycles. The van der Waals surface area contributed by atoms with Crippen LogP contribution in [0.2, 0.25) is 0 Å². The normalized spacial score (nSPS) is 16.0. The number of halogens is 1. The van der Waals surface area contributed by atoms with Gasteiger partial charge in [0.25, 0.3) is 0 Å². The monoisotopic (exact) mass is 447 g/mol. The number of hydrogen-bond donors (Lipinski definition) is 2. The molecule has 0 saturated carbocycles. The second kappa shape index (κ2) is 11.3. The second-order valence-electron chi connectivity index (χ2n) is 5.89. The predicted octanol–water partition coefficient (Wildman–Crippen LogP) is 2.06. The van der Waals surface area contributed by atoms with Gasteiger partial charge in [-0.15, -0.1) is 24.0 Å². The van der Waals surface area contributed by atoms with E-state index >= 15 is 0 Å². The second-order valence-corrected chi connectivity index (χ2v) is 5.89. The van der Waals surface area contributed by atoms with Crippen molar-refractivity contribution in [3.05, 3.63) is 24.5 Å². The number of aliphatic imine (C=N–C) groups is 1. The zero-order valence-corrected chi connectivity index (χ0v) is 17.0. The smallest absolute Gasteiger partial charge is 0.222 e. The van der Waals surface area contributed by atoms with E-state index in [1.807, 2.05) is 17.0 Å². The molecule has 1 aliphatic rings. The van der Waals surface area contributed by atoms with Gasteiger partial charge < -0.3 is 20.1 Å². The third-order valence-electron chi connectivity index (χ3n) is 4.34. The molecule has 1 amide bonds. The average Bonchev–Trinajstić information content (AvgIpc) is 3.22. The number of rotatable bonds is 8. The van der Waals surface area contributed by atoms with Crippen molar-refractivity contribution < 1.29 is 4.79 Å². The molecule has 136 valence electrons. The molecule has 0 bridgehead atoms. The van der Waals surface area contributed by atoms with Gasteiger partial charge in [-0.25, -0.2) is 0 Å². The third kappa shape index (κ3) is 6.33. The summed E-state index contributed by atoms with van der Waals surface area (Å²) in [7, 11) is 1.78. The first-order valence-electron chi connectivity index (χ1n) is 8.59. The van der Waals surface area contributed by atoms with Crippen molar-refractivity contribution in [1.29, 1.82) is 0 Å². The fourth-order valence-electron chi connectivity index (χ4n) is 3.04. The SMILES string of the molecule is CCC(CCNC(=NC)NCCn1cccc1)N1CCCC1=O.I.